The van der Waals surface area contributed by atoms with Crippen LogP contribution in [0.2, 0.25) is 5.02 Å². The highest BCUT2D eigenvalue weighted by atomic mass is 127. The number of methoxy groups -OCH3 is 1. The number of alkyl halides is 1. The lowest BCUT2D eigenvalue weighted by molar-refractivity contribution is 0.411. The first-order valence-electron chi connectivity index (χ1n) is 3.27. The van der Waals surface area contributed by atoms with Crippen molar-refractivity contribution < 1.29 is 4.74 Å². The molecule has 0 fully saturated rings. The number of ether oxygens (including phenoxy) is 1. The van der Waals surface area contributed by atoms with Crippen LogP contribution in [0.4, 0.5) is 0 Å². The van der Waals surface area contributed by atoms with Crippen LogP contribution in [0.1, 0.15) is 5.56 Å². The van der Waals surface area contributed by atoms with E-state index >= 15 is 0 Å². The molecule has 0 atom stereocenters. The Labute approximate surface area is 95.1 Å². The first-order valence-corrected chi connectivity index (χ1v) is 5.26. The fourth-order valence-corrected chi connectivity index (χ4v) is 1.95. The summed E-state index contributed by atoms with van der Waals surface area (Å²) in [6.07, 6.45) is 0. The van der Waals surface area contributed by atoms with Crippen LogP contribution in [-0.2, 0) is 5.88 Å². The summed E-state index contributed by atoms with van der Waals surface area (Å²) in [6.45, 7) is 0. The van der Waals surface area contributed by atoms with Gasteiger partial charge in [-0.05, 0) is 34.7 Å². The molecule has 0 amide bonds. The van der Waals surface area contributed by atoms with Crippen molar-refractivity contribution in [2.45, 2.75) is 5.88 Å². The monoisotopic (exact) mass is 316 g/mol. The van der Waals surface area contributed by atoms with Gasteiger partial charge >= 0.3 is 0 Å². The maximum atomic E-state index is 6.01. The van der Waals surface area contributed by atoms with Crippen LogP contribution >= 0.6 is 45.8 Å². The minimum Gasteiger partial charge on any atom is -0.496 e. The van der Waals surface area contributed by atoms with Gasteiger partial charge in [-0.25, -0.2) is 0 Å². The second-order valence-corrected chi connectivity index (χ2v) is 3.98. The van der Waals surface area contributed by atoms with Crippen LogP contribution in [0, 0.1) is 3.57 Å². The predicted molar refractivity (Wildman–Crippen MR) is 60.3 cm³/mol. The molecule has 4 heteroatoms. The second-order valence-electron chi connectivity index (χ2n) is 2.18. The zero-order valence-corrected chi connectivity index (χ0v) is 10.1. The zero-order valence-electron chi connectivity index (χ0n) is 6.40. The maximum Gasteiger partial charge on any atom is 0.124 e. The number of halogens is 3. The van der Waals surface area contributed by atoms with E-state index in [9.17, 15) is 0 Å². The van der Waals surface area contributed by atoms with E-state index in [-0.39, 0.29) is 0 Å². The second kappa shape index (κ2) is 4.53. The maximum absolute atomic E-state index is 6.01. The number of hydrogen-bond donors (Lipinski definition) is 0. The average Bonchev–Trinajstić information content (AvgIpc) is 2.09. The van der Waals surface area contributed by atoms with E-state index in [1.54, 1.807) is 7.11 Å². The van der Waals surface area contributed by atoms with Gasteiger partial charge in [0.1, 0.15) is 5.75 Å². The van der Waals surface area contributed by atoms with E-state index in [2.05, 4.69) is 22.6 Å². The summed E-state index contributed by atoms with van der Waals surface area (Å²) in [4.78, 5) is 0. The molecule has 1 nitrogen and oxygen atoms in total. The van der Waals surface area contributed by atoms with Gasteiger partial charge in [0.25, 0.3) is 0 Å². The van der Waals surface area contributed by atoms with Gasteiger partial charge in [-0.2, -0.15) is 0 Å². The smallest absolute Gasteiger partial charge is 0.124 e. The fourth-order valence-electron chi connectivity index (χ4n) is 0.891. The quantitative estimate of drug-likeness (QED) is 0.597. The molecule has 0 unspecified atom stereocenters. The SMILES string of the molecule is COc1ccc(I)c(Cl)c1CCl. The van der Waals surface area contributed by atoms with Crippen molar-refractivity contribution in [3.8, 4) is 5.75 Å². The standard InChI is InChI=1S/C8H7Cl2IO/c1-12-7-3-2-6(11)8(10)5(7)4-9/h2-3H,4H2,1H3. The molecular formula is C8H7Cl2IO. The molecule has 66 valence electrons. The minimum atomic E-state index is 0.374. The topological polar surface area (TPSA) is 9.23 Å². The van der Waals surface area contributed by atoms with Crippen molar-refractivity contribution in [1.29, 1.82) is 0 Å². The van der Waals surface area contributed by atoms with E-state index in [1.165, 1.54) is 0 Å². The van der Waals surface area contributed by atoms with Crippen LogP contribution in [-0.4, -0.2) is 7.11 Å². The molecule has 1 aromatic rings. The van der Waals surface area contributed by atoms with Crippen molar-refractivity contribution in [1.82, 2.24) is 0 Å². The molecular weight excluding hydrogens is 310 g/mol. The molecule has 0 spiro atoms. The van der Waals surface area contributed by atoms with Crippen molar-refractivity contribution in [2.24, 2.45) is 0 Å². The van der Waals surface area contributed by atoms with Crippen molar-refractivity contribution in [2.75, 3.05) is 7.11 Å². The Hall–Kier alpha value is 0.330. The molecule has 0 saturated heterocycles. The number of benzene rings is 1. The Bertz CT molecular complexity index is 289. The molecule has 0 aliphatic heterocycles. The highest BCUT2D eigenvalue weighted by Gasteiger charge is 2.09. The van der Waals surface area contributed by atoms with Gasteiger partial charge in [-0.15, -0.1) is 11.6 Å². The summed E-state index contributed by atoms with van der Waals surface area (Å²) in [7, 11) is 1.61. The summed E-state index contributed by atoms with van der Waals surface area (Å²) in [5.41, 5.74) is 0.854. The molecule has 0 radical (unpaired) electrons. The van der Waals surface area contributed by atoms with E-state index in [0.717, 1.165) is 14.9 Å². The lowest BCUT2D eigenvalue weighted by atomic mass is 10.2. The van der Waals surface area contributed by atoms with Crippen molar-refractivity contribution >= 4 is 45.8 Å². The first kappa shape index (κ1) is 10.4. The Morgan fingerprint density at radius 2 is 2.17 bits per heavy atom. The summed E-state index contributed by atoms with van der Waals surface area (Å²) in [5, 5.41) is 0.685. The molecule has 0 aliphatic carbocycles. The molecule has 0 aliphatic rings. The number of hydrogen-bond acceptors (Lipinski definition) is 1. The summed E-state index contributed by atoms with van der Waals surface area (Å²) in [6, 6.07) is 3.77. The van der Waals surface area contributed by atoms with E-state index < -0.39 is 0 Å². The normalized spacial score (nSPS) is 10.0. The molecule has 12 heavy (non-hydrogen) atoms. The highest BCUT2D eigenvalue weighted by molar-refractivity contribution is 14.1. The van der Waals surface area contributed by atoms with E-state index in [0.29, 0.717) is 10.9 Å². The van der Waals surface area contributed by atoms with Gasteiger partial charge in [0.15, 0.2) is 0 Å². The molecule has 0 heterocycles. The van der Waals surface area contributed by atoms with Gasteiger partial charge in [0.05, 0.1) is 18.0 Å². The van der Waals surface area contributed by atoms with E-state index in [1.807, 2.05) is 12.1 Å². The third-order valence-corrected chi connectivity index (χ3v) is 3.42. The molecule has 0 bridgehead atoms. The molecule has 1 rings (SSSR count). The lowest BCUT2D eigenvalue weighted by Gasteiger charge is -2.08. The van der Waals surface area contributed by atoms with Gasteiger partial charge in [0, 0.05) is 9.13 Å². The largest absolute Gasteiger partial charge is 0.496 e. The molecule has 1 aromatic carbocycles. The van der Waals surface area contributed by atoms with Crippen molar-refractivity contribution in [3.05, 3.63) is 26.3 Å². The minimum absolute atomic E-state index is 0.374. The third kappa shape index (κ3) is 1.98. The van der Waals surface area contributed by atoms with Gasteiger partial charge in [-0.3, -0.25) is 0 Å². The van der Waals surface area contributed by atoms with Crippen LogP contribution < -0.4 is 4.74 Å². The summed E-state index contributed by atoms with van der Waals surface area (Å²) in [5.74, 6) is 1.12. The number of rotatable bonds is 2. The Balaban J connectivity index is 3.25. The van der Waals surface area contributed by atoms with Crippen LogP contribution in [0.25, 0.3) is 0 Å². The third-order valence-electron chi connectivity index (χ3n) is 1.51. The van der Waals surface area contributed by atoms with Crippen LogP contribution in [0.3, 0.4) is 0 Å². The Morgan fingerprint density at radius 1 is 1.50 bits per heavy atom. The average molecular weight is 317 g/mol. The lowest BCUT2D eigenvalue weighted by Crippen LogP contribution is -1.91. The van der Waals surface area contributed by atoms with E-state index in [4.69, 9.17) is 27.9 Å². The van der Waals surface area contributed by atoms with Crippen molar-refractivity contribution in [3.63, 3.8) is 0 Å². The molecule has 0 aromatic heterocycles. The fraction of sp³-hybridized carbons (Fsp3) is 0.250. The van der Waals surface area contributed by atoms with Gasteiger partial charge < -0.3 is 4.74 Å². The summed E-state index contributed by atoms with van der Waals surface area (Å²) < 4.78 is 6.09. The summed E-state index contributed by atoms with van der Waals surface area (Å²) >= 11 is 13.9. The van der Waals surface area contributed by atoms with Gasteiger partial charge in [0.2, 0.25) is 0 Å². The van der Waals surface area contributed by atoms with Gasteiger partial charge in [-0.1, -0.05) is 11.6 Å². The highest BCUT2D eigenvalue weighted by Crippen LogP contribution is 2.31. The molecule has 0 saturated carbocycles. The predicted octanol–water partition coefficient (Wildman–Crippen LogP) is 3.69. The Kier molecular flexibility index (Phi) is 3.93. The van der Waals surface area contributed by atoms with Crippen LogP contribution in [0.5, 0.6) is 5.75 Å². The zero-order chi connectivity index (χ0) is 9.14. The first-order chi connectivity index (χ1) is 5.70. The molecule has 0 N–H and O–H groups in total. The Morgan fingerprint density at radius 3 is 2.67 bits per heavy atom. The van der Waals surface area contributed by atoms with Crippen LogP contribution in [0.15, 0.2) is 12.1 Å².